The van der Waals surface area contributed by atoms with Crippen molar-refractivity contribution in [2.75, 3.05) is 27.2 Å². The van der Waals surface area contributed by atoms with Crippen LogP contribution < -0.4 is 10.1 Å². The maximum absolute atomic E-state index is 12.1. The third kappa shape index (κ3) is 6.58. The molecule has 0 saturated carbocycles. The summed E-state index contributed by atoms with van der Waals surface area (Å²) in [6.07, 6.45) is 0.157. The fourth-order valence-corrected chi connectivity index (χ4v) is 2.71. The van der Waals surface area contributed by atoms with Crippen molar-refractivity contribution < 1.29 is 9.53 Å². The summed E-state index contributed by atoms with van der Waals surface area (Å²) in [5, 5.41) is 3.88. The van der Waals surface area contributed by atoms with Crippen LogP contribution in [0, 0.1) is 0 Å². The summed E-state index contributed by atoms with van der Waals surface area (Å²) in [5.41, 5.74) is 1.64. The number of nitrogens with zero attached hydrogens (tertiary/aromatic N) is 1. The number of amides is 1. The molecule has 0 aliphatic rings. The van der Waals surface area contributed by atoms with Gasteiger partial charge in [0.2, 0.25) is 5.91 Å². The molecule has 0 spiro atoms. The maximum Gasteiger partial charge on any atom is 0.224 e. The van der Waals surface area contributed by atoms with Gasteiger partial charge in [0.05, 0.1) is 6.42 Å². The largest absolute Gasteiger partial charge is 0.492 e. The molecular formula is C19H22Cl2N2O2. The molecule has 0 heterocycles. The average Bonchev–Trinajstić information content (AvgIpc) is 2.57. The van der Waals surface area contributed by atoms with E-state index in [9.17, 15) is 4.79 Å². The number of nitrogens with one attached hydrogen (secondary N) is 1. The molecule has 25 heavy (non-hydrogen) atoms. The summed E-state index contributed by atoms with van der Waals surface area (Å²) in [7, 11) is 4.01. The second kappa shape index (κ2) is 9.66. The Labute approximate surface area is 158 Å². The van der Waals surface area contributed by atoms with Crippen LogP contribution in [-0.2, 0) is 17.8 Å². The number of halogens is 2. The van der Waals surface area contributed by atoms with Crippen LogP contribution in [0.15, 0.2) is 42.5 Å². The normalized spacial score (nSPS) is 10.8. The van der Waals surface area contributed by atoms with E-state index in [2.05, 4.69) is 10.2 Å². The van der Waals surface area contributed by atoms with Crippen molar-refractivity contribution >= 4 is 29.1 Å². The maximum atomic E-state index is 12.1. The van der Waals surface area contributed by atoms with E-state index < -0.39 is 0 Å². The molecule has 0 aliphatic heterocycles. The lowest BCUT2D eigenvalue weighted by atomic mass is 10.1. The minimum atomic E-state index is -0.124. The van der Waals surface area contributed by atoms with Crippen LogP contribution in [0.5, 0.6) is 5.75 Å². The van der Waals surface area contributed by atoms with Crippen molar-refractivity contribution in [3.63, 3.8) is 0 Å². The summed E-state index contributed by atoms with van der Waals surface area (Å²) in [6.45, 7) is 1.95. The molecule has 6 heteroatoms. The molecule has 0 fully saturated rings. The SMILES string of the molecule is CN(C)CCOc1ccc(CNC(=O)Cc2c(Cl)cccc2Cl)cc1. The summed E-state index contributed by atoms with van der Waals surface area (Å²) in [5.74, 6) is 0.695. The monoisotopic (exact) mass is 380 g/mol. The molecule has 0 atom stereocenters. The van der Waals surface area contributed by atoms with Crippen molar-refractivity contribution in [3.05, 3.63) is 63.6 Å². The molecule has 0 aromatic heterocycles. The van der Waals surface area contributed by atoms with Gasteiger partial charge in [-0.1, -0.05) is 41.4 Å². The van der Waals surface area contributed by atoms with Crippen molar-refractivity contribution in [1.29, 1.82) is 0 Å². The Morgan fingerprint density at radius 1 is 1.08 bits per heavy atom. The minimum absolute atomic E-state index is 0.124. The molecule has 134 valence electrons. The van der Waals surface area contributed by atoms with E-state index in [1.165, 1.54) is 0 Å². The summed E-state index contributed by atoms with van der Waals surface area (Å²) in [4.78, 5) is 14.2. The smallest absolute Gasteiger partial charge is 0.224 e. The molecule has 0 unspecified atom stereocenters. The molecule has 2 rings (SSSR count). The zero-order valence-electron chi connectivity index (χ0n) is 14.4. The molecule has 1 N–H and O–H groups in total. The average molecular weight is 381 g/mol. The number of hydrogen-bond donors (Lipinski definition) is 1. The van der Waals surface area contributed by atoms with Crippen LogP contribution in [0.25, 0.3) is 0 Å². The van der Waals surface area contributed by atoms with E-state index in [4.69, 9.17) is 27.9 Å². The first kappa shape index (κ1) is 19.6. The molecule has 4 nitrogen and oxygen atoms in total. The fourth-order valence-electron chi connectivity index (χ4n) is 2.17. The van der Waals surface area contributed by atoms with Crippen LogP contribution in [0.1, 0.15) is 11.1 Å². The third-order valence-electron chi connectivity index (χ3n) is 3.62. The third-order valence-corrected chi connectivity index (χ3v) is 4.33. The van der Waals surface area contributed by atoms with Gasteiger partial charge in [-0.25, -0.2) is 0 Å². The first-order chi connectivity index (χ1) is 12.0. The lowest BCUT2D eigenvalue weighted by Crippen LogP contribution is -2.24. The second-order valence-corrected chi connectivity index (χ2v) is 6.76. The predicted molar refractivity (Wildman–Crippen MR) is 103 cm³/mol. The standard InChI is InChI=1S/C19H22Cl2N2O2/c1-23(2)10-11-25-15-8-6-14(7-9-15)13-22-19(24)12-16-17(20)4-3-5-18(16)21/h3-9H,10-13H2,1-2H3,(H,22,24). The van der Waals surface area contributed by atoms with Crippen molar-refractivity contribution in [3.8, 4) is 5.75 Å². The van der Waals surface area contributed by atoms with Gasteiger partial charge >= 0.3 is 0 Å². The number of carbonyl (C=O) groups is 1. The van der Waals surface area contributed by atoms with Crippen LogP contribution in [-0.4, -0.2) is 38.1 Å². The van der Waals surface area contributed by atoms with E-state index in [1.54, 1.807) is 18.2 Å². The highest BCUT2D eigenvalue weighted by molar-refractivity contribution is 6.36. The summed E-state index contributed by atoms with van der Waals surface area (Å²) < 4.78 is 5.64. The highest BCUT2D eigenvalue weighted by Gasteiger charge is 2.10. The van der Waals surface area contributed by atoms with Gasteiger partial charge in [-0.2, -0.15) is 0 Å². The van der Waals surface area contributed by atoms with Crippen molar-refractivity contribution in [1.82, 2.24) is 10.2 Å². The van der Waals surface area contributed by atoms with E-state index in [0.717, 1.165) is 17.9 Å². The number of benzene rings is 2. The Bertz CT molecular complexity index is 683. The van der Waals surface area contributed by atoms with Gasteiger partial charge in [0.15, 0.2) is 0 Å². The number of rotatable bonds is 8. The van der Waals surface area contributed by atoms with Gasteiger partial charge in [-0.15, -0.1) is 0 Å². The Kier molecular flexibility index (Phi) is 7.56. The molecule has 2 aromatic rings. The number of likely N-dealkylation sites (N-methyl/N-ethyl adjacent to an activating group) is 1. The zero-order chi connectivity index (χ0) is 18.2. The van der Waals surface area contributed by atoms with Crippen LogP contribution in [0.2, 0.25) is 10.0 Å². The lowest BCUT2D eigenvalue weighted by Gasteiger charge is -2.11. The molecule has 2 aromatic carbocycles. The van der Waals surface area contributed by atoms with E-state index in [1.807, 2.05) is 38.4 Å². The molecule has 0 saturated heterocycles. The highest BCUT2D eigenvalue weighted by Crippen LogP contribution is 2.24. The zero-order valence-corrected chi connectivity index (χ0v) is 15.9. The van der Waals surface area contributed by atoms with Gasteiger partial charge in [0.25, 0.3) is 0 Å². The van der Waals surface area contributed by atoms with Crippen LogP contribution in [0.3, 0.4) is 0 Å². The number of hydrogen-bond acceptors (Lipinski definition) is 3. The number of carbonyl (C=O) groups excluding carboxylic acids is 1. The fraction of sp³-hybridized carbons (Fsp3) is 0.316. The predicted octanol–water partition coefficient (Wildman–Crippen LogP) is 3.79. The molecule has 0 aliphatic carbocycles. The lowest BCUT2D eigenvalue weighted by molar-refractivity contribution is -0.120. The van der Waals surface area contributed by atoms with Gasteiger partial charge in [0, 0.05) is 23.1 Å². The first-order valence-corrected chi connectivity index (χ1v) is 8.77. The quantitative estimate of drug-likeness (QED) is 0.757. The van der Waals surface area contributed by atoms with Crippen molar-refractivity contribution in [2.24, 2.45) is 0 Å². The van der Waals surface area contributed by atoms with E-state index >= 15 is 0 Å². The molecule has 0 bridgehead atoms. The summed E-state index contributed by atoms with van der Waals surface area (Å²) >= 11 is 12.2. The van der Waals surface area contributed by atoms with Gasteiger partial charge < -0.3 is 15.0 Å². The minimum Gasteiger partial charge on any atom is -0.492 e. The second-order valence-electron chi connectivity index (χ2n) is 5.95. The molecule has 0 radical (unpaired) electrons. The van der Waals surface area contributed by atoms with Gasteiger partial charge in [-0.05, 0) is 49.5 Å². The van der Waals surface area contributed by atoms with Crippen LogP contribution >= 0.6 is 23.2 Å². The Balaban J connectivity index is 1.81. The number of ether oxygens (including phenoxy) is 1. The van der Waals surface area contributed by atoms with Gasteiger partial charge in [0.1, 0.15) is 12.4 Å². The Morgan fingerprint density at radius 2 is 1.72 bits per heavy atom. The highest BCUT2D eigenvalue weighted by atomic mass is 35.5. The Morgan fingerprint density at radius 3 is 2.32 bits per heavy atom. The topological polar surface area (TPSA) is 41.6 Å². The molecular weight excluding hydrogens is 359 g/mol. The molecule has 1 amide bonds. The van der Waals surface area contributed by atoms with E-state index in [0.29, 0.717) is 28.8 Å². The first-order valence-electron chi connectivity index (χ1n) is 8.02. The van der Waals surface area contributed by atoms with Crippen LogP contribution in [0.4, 0.5) is 0 Å². The summed E-state index contributed by atoms with van der Waals surface area (Å²) in [6, 6.07) is 12.9. The Hall–Kier alpha value is -1.75. The van der Waals surface area contributed by atoms with E-state index in [-0.39, 0.29) is 12.3 Å². The van der Waals surface area contributed by atoms with Crippen molar-refractivity contribution in [2.45, 2.75) is 13.0 Å². The van der Waals surface area contributed by atoms with Gasteiger partial charge in [-0.3, -0.25) is 4.79 Å².